The lowest BCUT2D eigenvalue weighted by Gasteiger charge is -2.40. The molecule has 6 heteroatoms. The van der Waals surface area contributed by atoms with E-state index < -0.39 is 0 Å². The van der Waals surface area contributed by atoms with Gasteiger partial charge in [0.2, 0.25) is 11.9 Å². The average molecular weight is 372 g/mol. The van der Waals surface area contributed by atoms with E-state index in [0.29, 0.717) is 5.91 Å². The second-order valence-corrected chi connectivity index (χ2v) is 8.46. The molecule has 148 valence electrons. The maximum Gasteiger partial charge on any atom is 0.227 e. The van der Waals surface area contributed by atoms with Crippen LogP contribution in [0, 0.1) is 11.8 Å². The Morgan fingerprint density at radius 1 is 0.926 bits per heavy atom. The van der Waals surface area contributed by atoms with Crippen LogP contribution in [-0.4, -0.2) is 71.5 Å². The number of hydrogen-bond donors (Lipinski definition) is 0. The minimum Gasteiger partial charge on any atom is -0.340 e. The Morgan fingerprint density at radius 2 is 1.67 bits per heavy atom. The minimum absolute atomic E-state index is 0.0902. The Bertz CT molecular complexity index is 596. The lowest BCUT2D eigenvalue weighted by molar-refractivity contribution is -0.137. The molecule has 0 spiro atoms. The number of amides is 1. The van der Waals surface area contributed by atoms with Crippen molar-refractivity contribution in [3.8, 4) is 0 Å². The first kappa shape index (κ1) is 18.7. The van der Waals surface area contributed by atoms with Crippen LogP contribution in [-0.2, 0) is 4.79 Å². The topological polar surface area (TPSA) is 52.6 Å². The SMILES string of the molecule is O=C(C1CCCN(c2ncccn2)C1)N1CCN(CC2CCCCC2)CC1. The van der Waals surface area contributed by atoms with Crippen molar-refractivity contribution in [2.45, 2.75) is 44.9 Å². The Morgan fingerprint density at radius 3 is 2.41 bits per heavy atom. The van der Waals surface area contributed by atoms with Crippen molar-refractivity contribution in [1.82, 2.24) is 19.8 Å². The molecule has 0 aromatic carbocycles. The summed E-state index contributed by atoms with van der Waals surface area (Å²) in [6.45, 7) is 6.81. The molecule has 0 N–H and O–H groups in total. The molecule has 3 aliphatic rings. The van der Waals surface area contributed by atoms with E-state index >= 15 is 0 Å². The number of anilines is 1. The van der Waals surface area contributed by atoms with Gasteiger partial charge in [-0.25, -0.2) is 9.97 Å². The zero-order chi connectivity index (χ0) is 18.5. The van der Waals surface area contributed by atoms with Gasteiger partial charge >= 0.3 is 0 Å². The smallest absolute Gasteiger partial charge is 0.227 e. The molecule has 2 aliphatic heterocycles. The fourth-order valence-electron chi connectivity index (χ4n) is 4.96. The quantitative estimate of drug-likeness (QED) is 0.814. The molecule has 27 heavy (non-hydrogen) atoms. The number of aromatic nitrogens is 2. The monoisotopic (exact) mass is 371 g/mol. The normalized spacial score (nSPS) is 25.6. The summed E-state index contributed by atoms with van der Waals surface area (Å²) in [5, 5.41) is 0. The number of carbonyl (C=O) groups excluding carboxylic acids is 1. The molecule has 3 fully saturated rings. The van der Waals surface area contributed by atoms with Crippen LogP contribution in [0.25, 0.3) is 0 Å². The van der Waals surface area contributed by atoms with E-state index in [4.69, 9.17) is 0 Å². The number of hydrogen-bond acceptors (Lipinski definition) is 5. The van der Waals surface area contributed by atoms with Gasteiger partial charge in [-0.15, -0.1) is 0 Å². The van der Waals surface area contributed by atoms with E-state index in [1.54, 1.807) is 12.4 Å². The largest absolute Gasteiger partial charge is 0.340 e. The maximum absolute atomic E-state index is 13.1. The Kier molecular flexibility index (Phi) is 6.22. The minimum atomic E-state index is 0.0902. The van der Waals surface area contributed by atoms with Crippen LogP contribution in [0.3, 0.4) is 0 Å². The standard InChI is InChI=1S/C21H33N5O/c27-20(19-8-4-11-26(17-19)21-22-9-5-10-23-21)25-14-12-24(13-15-25)16-18-6-2-1-3-7-18/h5,9-10,18-19H,1-4,6-8,11-17H2. The highest BCUT2D eigenvalue weighted by Crippen LogP contribution is 2.26. The number of carbonyl (C=O) groups is 1. The highest BCUT2D eigenvalue weighted by Gasteiger charge is 2.32. The summed E-state index contributed by atoms with van der Waals surface area (Å²) >= 11 is 0. The molecular formula is C21H33N5O. The molecule has 1 aromatic rings. The van der Waals surface area contributed by atoms with Crippen molar-refractivity contribution in [2.75, 3.05) is 50.7 Å². The maximum atomic E-state index is 13.1. The fourth-order valence-corrected chi connectivity index (χ4v) is 4.96. The predicted octanol–water partition coefficient (Wildman–Crippen LogP) is 2.42. The summed E-state index contributed by atoms with van der Waals surface area (Å²) in [7, 11) is 0. The van der Waals surface area contributed by atoms with Crippen molar-refractivity contribution in [1.29, 1.82) is 0 Å². The number of piperazine rings is 1. The van der Waals surface area contributed by atoms with E-state index in [2.05, 4.69) is 24.7 Å². The molecule has 3 heterocycles. The van der Waals surface area contributed by atoms with Crippen molar-refractivity contribution in [2.24, 2.45) is 11.8 Å². The summed E-state index contributed by atoms with van der Waals surface area (Å²) in [5.74, 6) is 2.08. The zero-order valence-electron chi connectivity index (χ0n) is 16.4. The summed E-state index contributed by atoms with van der Waals surface area (Å²) in [6, 6.07) is 1.84. The van der Waals surface area contributed by atoms with Crippen molar-refractivity contribution in [3.05, 3.63) is 18.5 Å². The van der Waals surface area contributed by atoms with Crippen molar-refractivity contribution >= 4 is 11.9 Å². The molecule has 2 saturated heterocycles. The molecule has 0 radical (unpaired) electrons. The van der Waals surface area contributed by atoms with Gasteiger partial charge in [0.25, 0.3) is 0 Å². The number of rotatable bonds is 4. The van der Waals surface area contributed by atoms with Crippen molar-refractivity contribution in [3.63, 3.8) is 0 Å². The first-order valence-electron chi connectivity index (χ1n) is 10.8. The molecule has 4 rings (SSSR count). The second kappa shape index (κ2) is 9.00. The summed E-state index contributed by atoms with van der Waals surface area (Å²) in [4.78, 5) is 28.6. The van der Waals surface area contributed by atoms with E-state index in [1.807, 2.05) is 6.07 Å². The Balaban J connectivity index is 1.26. The molecule has 1 aliphatic carbocycles. The van der Waals surface area contributed by atoms with Crippen LogP contribution in [0.15, 0.2) is 18.5 Å². The van der Waals surface area contributed by atoms with Gasteiger partial charge in [-0.3, -0.25) is 9.69 Å². The Hall–Kier alpha value is -1.69. The Labute approximate surface area is 162 Å². The van der Waals surface area contributed by atoms with Gasteiger partial charge in [0.15, 0.2) is 0 Å². The first-order valence-corrected chi connectivity index (χ1v) is 10.8. The van der Waals surface area contributed by atoms with Gasteiger partial charge in [-0.05, 0) is 37.7 Å². The van der Waals surface area contributed by atoms with Crippen LogP contribution < -0.4 is 4.90 Å². The van der Waals surface area contributed by atoms with Gasteiger partial charge in [0.1, 0.15) is 0 Å². The summed E-state index contributed by atoms with van der Waals surface area (Å²) < 4.78 is 0. The first-order chi connectivity index (χ1) is 13.3. The van der Waals surface area contributed by atoms with E-state index in [9.17, 15) is 4.79 Å². The third kappa shape index (κ3) is 4.78. The van der Waals surface area contributed by atoms with E-state index in [-0.39, 0.29) is 5.92 Å². The zero-order valence-corrected chi connectivity index (χ0v) is 16.4. The molecule has 6 nitrogen and oxygen atoms in total. The fraction of sp³-hybridized carbons (Fsp3) is 0.762. The van der Waals surface area contributed by atoms with Crippen LogP contribution >= 0.6 is 0 Å². The van der Waals surface area contributed by atoms with Gasteiger partial charge in [-0.2, -0.15) is 0 Å². The summed E-state index contributed by atoms with van der Waals surface area (Å²) in [6.07, 6.45) is 12.6. The van der Waals surface area contributed by atoms with Gasteiger partial charge in [0.05, 0.1) is 5.92 Å². The van der Waals surface area contributed by atoms with Gasteiger partial charge in [0, 0.05) is 58.2 Å². The molecular weight excluding hydrogens is 338 g/mol. The predicted molar refractivity (Wildman–Crippen MR) is 107 cm³/mol. The third-order valence-electron chi connectivity index (χ3n) is 6.53. The highest BCUT2D eigenvalue weighted by atomic mass is 16.2. The van der Waals surface area contributed by atoms with E-state index in [1.165, 1.54) is 38.6 Å². The average Bonchev–Trinajstić information content (AvgIpc) is 2.75. The third-order valence-corrected chi connectivity index (χ3v) is 6.53. The molecule has 1 aromatic heterocycles. The van der Waals surface area contributed by atoms with Gasteiger partial charge in [-0.1, -0.05) is 19.3 Å². The van der Waals surface area contributed by atoms with Crippen LogP contribution in [0.2, 0.25) is 0 Å². The molecule has 1 unspecified atom stereocenters. The van der Waals surface area contributed by atoms with E-state index in [0.717, 1.165) is 64.0 Å². The number of piperidine rings is 1. The molecule has 1 atom stereocenters. The van der Waals surface area contributed by atoms with Crippen molar-refractivity contribution < 1.29 is 4.79 Å². The lowest BCUT2D eigenvalue weighted by atomic mass is 9.89. The highest BCUT2D eigenvalue weighted by molar-refractivity contribution is 5.79. The van der Waals surface area contributed by atoms with Crippen LogP contribution in [0.1, 0.15) is 44.9 Å². The van der Waals surface area contributed by atoms with Crippen LogP contribution in [0.4, 0.5) is 5.95 Å². The molecule has 1 saturated carbocycles. The van der Waals surface area contributed by atoms with Crippen LogP contribution in [0.5, 0.6) is 0 Å². The summed E-state index contributed by atoms with van der Waals surface area (Å²) in [5.41, 5.74) is 0. The second-order valence-electron chi connectivity index (χ2n) is 8.46. The lowest BCUT2D eigenvalue weighted by Crippen LogP contribution is -2.53. The molecule has 1 amide bonds. The molecule has 0 bridgehead atoms. The number of nitrogens with zero attached hydrogens (tertiary/aromatic N) is 5. The van der Waals surface area contributed by atoms with Gasteiger partial charge < -0.3 is 9.80 Å².